The Morgan fingerprint density at radius 2 is 1.76 bits per heavy atom. The molecule has 1 amide bonds. The smallest absolute Gasteiger partial charge is 0.239 e. The number of carbonyl (C=O) groups excluding carboxylic acids is 1. The van der Waals surface area contributed by atoms with Crippen molar-refractivity contribution in [2.24, 2.45) is 10.9 Å². The van der Waals surface area contributed by atoms with E-state index in [1.807, 2.05) is 0 Å². The van der Waals surface area contributed by atoms with E-state index in [1.54, 1.807) is 18.2 Å². The number of rotatable bonds is 9. The highest BCUT2D eigenvalue weighted by atomic mass is 32.2. The lowest BCUT2D eigenvalue weighted by Crippen LogP contribution is -2.48. The van der Waals surface area contributed by atoms with Crippen molar-refractivity contribution in [2.75, 3.05) is 13.2 Å². The van der Waals surface area contributed by atoms with E-state index in [0.717, 1.165) is 0 Å². The Labute approximate surface area is 235 Å². The maximum Gasteiger partial charge on any atom is 0.239 e. The van der Waals surface area contributed by atoms with Crippen LogP contribution in [0.3, 0.4) is 0 Å². The molecule has 4 aromatic rings. The highest BCUT2D eigenvalue weighted by Crippen LogP contribution is 2.48. The number of nitrogen functional groups attached to an aromatic ring is 1. The molecule has 0 aliphatic rings. The van der Waals surface area contributed by atoms with Crippen molar-refractivity contribution in [1.29, 1.82) is 5.41 Å². The van der Waals surface area contributed by atoms with E-state index in [9.17, 15) is 33.6 Å². The second-order valence-corrected chi connectivity index (χ2v) is 11.5. The van der Waals surface area contributed by atoms with E-state index in [-0.39, 0.29) is 39.7 Å². The lowest BCUT2D eigenvalue weighted by atomic mass is 9.80. The number of aliphatic hydroxyl groups excluding tert-OH is 2. The first-order valence-corrected chi connectivity index (χ1v) is 13.8. The maximum atomic E-state index is 13.4. The van der Waals surface area contributed by atoms with Gasteiger partial charge in [-0.2, -0.15) is 0 Å². The average molecular weight is 583 g/mol. The van der Waals surface area contributed by atoms with Crippen LogP contribution in [0.15, 0.2) is 53.4 Å². The van der Waals surface area contributed by atoms with Crippen molar-refractivity contribution in [3.63, 3.8) is 0 Å². The highest BCUT2D eigenvalue weighted by molar-refractivity contribution is 7.89. The summed E-state index contributed by atoms with van der Waals surface area (Å²) in [4.78, 5) is 20.3. The van der Waals surface area contributed by atoms with Crippen LogP contribution in [0, 0.1) is 5.41 Å². The molecule has 41 heavy (non-hydrogen) atoms. The number of aromatic nitrogens is 2. The normalized spacial score (nSPS) is 12.1. The summed E-state index contributed by atoms with van der Waals surface area (Å²) in [6.07, 6.45) is 0. The predicted molar refractivity (Wildman–Crippen MR) is 152 cm³/mol. The second kappa shape index (κ2) is 10.8. The van der Waals surface area contributed by atoms with E-state index in [1.165, 1.54) is 44.2 Å². The number of primary sulfonamides is 1. The van der Waals surface area contributed by atoms with Crippen LogP contribution >= 0.6 is 0 Å². The molecule has 4 rings (SSSR count). The maximum absolute atomic E-state index is 13.4. The number of aromatic hydroxyl groups is 2. The van der Waals surface area contributed by atoms with E-state index < -0.39 is 51.2 Å². The van der Waals surface area contributed by atoms with Crippen LogP contribution in [0.25, 0.3) is 33.5 Å². The second-order valence-electron chi connectivity index (χ2n) is 9.98. The van der Waals surface area contributed by atoms with Crippen molar-refractivity contribution in [3.05, 3.63) is 59.7 Å². The van der Waals surface area contributed by atoms with Gasteiger partial charge in [-0.05, 0) is 49.7 Å². The number of phenols is 2. The molecule has 14 heteroatoms. The number of imidazole rings is 1. The summed E-state index contributed by atoms with van der Waals surface area (Å²) in [5, 5.41) is 57.1. The van der Waals surface area contributed by atoms with Crippen LogP contribution in [-0.4, -0.2) is 69.8 Å². The molecule has 3 aromatic carbocycles. The van der Waals surface area contributed by atoms with Crippen LogP contribution in [0.5, 0.6) is 11.5 Å². The summed E-state index contributed by atoms with van der Waals surface area (Å²) < 4.78 is 26.2. The Bertz CT molecular complexity index is 1780. The first-order valence-electron chi connectivity index (χ1n) is 12.3. The van der Waals surface area contributed by atoms with Gasteiger partial charge in [-0.1, -0.05) is 18.2 Å². The first kappa shape index (κ1) is 29.5. The number of sulfonamides is 1. The lowest BCUT2D eigenvalue weighted by molar-refractivity contribution is -0.127. The number of aliphatic hydroxyl groups is 2. The Hall–Kier alpha value is -4.50. The number of nitrogens with zero attached hydrogens (tertiary/aromatic N) is 1. The molecule has 13 nitrogen and oxygen atoms in total. The summed E-state index contributed by atoms with van der Waals surface area (Å²) in [5.41, 5.74) is 4.63. The van der Waals surface area contributed by atoms with Gasteiger partial charge in [0.15, 0.2) is 0 Å². The highest BCUT2D eigenvalue weighted by Gasteiger charge is 2.39. The van der Waals surface area contributed by atoms with Crippen LogP contribution < -0.4 is 16.2 Å². The summed E-state index contributed by atoms with van der Waals surface area (Å²) in [6.45, 7) is 1.66. The van der Waals surface area contributed by atoms with Gasteiger partial charge >= 0.3 is 0 Å². The van der Waals surface area contributed by atoms with Crippen molar-refractivity contribution in [2.45, 2.75) is 30.2 Å². The van der Waals surface area contributed by atoms with Gasteiger partial charge in [0.05, 0.1) is 46.2 Å². The van der Waals surface area contributed by atoms with Crippen LogP contribution in [0.4, 0.5) is 0 Å². The summed E-state index contributed by atoms with van der Waals surface area (Å²) in [6, 6.07) is 10.7. The minimum Gasteiger partial charge on any atom is -0.507 e. The molecule has 0 aliphatic carbocycles. The standard InChI is InChI=1S/C27H30N6O7S/c1-27(2,26(38)31-14(11-34)12-35)17-10-16(25-32-18-8-7-13(24(28)29)9-19(18)33-25)22(37)21(23(17)41(30,39)40)15-5-3-4-6-20(15)36/h3-10,14,34-37H,11-12H2,1-2H3,(H3,28,29)(H,31,38)(H,32,33)(H2,30,39,40). The van der Waals surface area contributed by atoms with Gasteiger partial charge in [0.1, 0.15) is 23.2 Å². The molecule has 0 radical (unpaired) electrons. The fourth-order valence-electron chi connectivity index (χ4n) is 4.47. The van der Waals surface area contributed by atoms with Gasteiger partial charge < -0.3 is 36.5 Å². The zero-order chi connectivity index (χ0) is 30.3. The predicted octanol–water partition coefficient (Wildman–Crippen LogP) is 0.987. The molecule has 0 aliphatic heterocycles. The van der Waals surface area contributed by atoms with Gasteiger partial charge in [-0.3, -0.25) is 10.2 Å². The Kier molecular flexibility index (Phi) is 7.78. The van der Waals surface area contributed by atoms with Gasteiger partial charge in [0.25, 0.3) is 0 Å². The third kappa shape index (κ3) is 5.45. The largest absolute Gasteiger partial charge is 0.507 e. The van der Waals surface area contributed by atoms with Crippen molar-refractivity contribution in [1.82, 2.24) is 15.3 Å². The number of hydrogen-bond acceptors (Lipinski definition) is 9. The Morgan fingerprint density at radius 1 is 1.10 bits per heavy atom. The Balaban J connectivity index is 2.11. The average Bonchev–Trinajstić information content (AvgIpc) is 3.34. The summed E-state index contributed by atoms with van der Waals surface area (Å²) in [5.74, 6) is -1.81. The molecule has 0 saturated heterocycles. The number of H-pyrrole nitrogens is 1. The third-order valence-corrected chi connectivity index (χ3v) is 7.77. The number of amides is 1. The molecule has 0 saturated carbocycles. The number of aromatic amines is 1. The van der Waals surface area contributed by atoms with Crippen LogP contribution in [-0.2, 0) is 20.2 Å². The van der Waals surface area contributed by atoms with Gasteiger partial charge in [0.2, 0.25) is 15.9 Å². The number of benzene rings is 3. The molecule has 0 bridgehead atoms. The number of hydrogen-bond donors (Lipinski definition) is 9. The molecule has 0 unspecified atom stereocenters. The molecular formula is C27H30N6O7S. The first-order chi connectivity index (χ1) is 19.2. The zero-order valence-electron chi connectivity index (χ0n) is 22.1. The quantitative estimate of drug-likeness (QED) is 0.101. The molecule has 216 valence electrons. The fourth-order valence-corrected chi connectivity index (χ4v) is 5.58. The third-order valence-electron chi connectivity index (χ3n) is 6.78. The molecule has 11 N–H and O–H groups in total. The summed E-state index contributed by atoms with van der Waals surface area (Å²) in [7, 11) is -4.66. The number of phenolic OH excluding ortho intramolecular Hbond substituents is 2. The molecule has 1 aromatic heterocycles. The SMILES string of the molecule is CC(C)(C(=O)NC(CO)CO)c1cc(-c2nc3ccc(C(=N)N)cc3[nH]2)c(O)c(-c2ccccc2O)c1S(N)(=O)=O. The topological polar surface area (TPSA) is 249 Å². The Morgan fingerprint density at radius 3 is 2.34 bits per heavy atom. The summed E-state index contributed by atoms with van der Waals surface area (Å²) >= 11 is 0. The van der Waals surface area contributed by atoms with Gasteiger partial charge in [-0.15, -0.1) is 0 Å². The van der Waals surface area contributed by atoms with Gasteiger partial charge in [-0.25, -0.2) is 18.5 Å². The van der Waals surface area contributed by atoms with Crippen LogP contribution in [0.2, 0.25) is 0 Å². The fraction of sp³-hybridized carbons (Fsp3) is 0.222. The number of carbonyl (C=O) groups is 1. The number of fused-ring (bicyclic) bond motifs is 1. The van der Waals surface area contributed by atoms with E-state index in [0.29, 0.717) is 16.6 Å². The molecule has 0 fully saturated rings. The van der Waals surface area contributed by atoms with Crippen molar-refractivity contribution < 1.29 is 33.6 Å². The lowest BCUT2D eigenvalue weighted by Gasteiger charge is -2.30. The monoisotopic (exact) mass is 582 g/mol. The number of para-hydroxylation sites is 1. The number of nitrogens with one attached hydrogen (secondary N) is 3. The minimum atomic E-state index is -4.66. The zero-order valence-corrected chi connectivity index (χ0v) is 23.0. The molecule has 1 heterocycles. The minimum absolute atomic E-state index is 0.0204. The van der Waals surface area contributed by atoms with E-state index in [4.69, 9.17) is 16.3 Å². The molecule has 0 spiro atoms. The number of nitrogens with two attached hydrogens (primary N) is 2. The number of amidine groups is 1. The van der Waals surface area contributed by atoms with Crippen molar-refractivity contribution >= 4 is 32.8 Å². The van der Waals surface area contributed by atoms with Crippen molar-refractivity contribution in [3.8, 4) is 34.0 Å². The van der Waals surface area contributed by atoms with E-state index in [2.05, 4.69) is 15.3 Å². The van der Waals surface area contributed by atoms with Crippen LogP contribution in [0.1, 0.15) is 25.0 Å². The molecule has 0 atom stereocenters. The van der Waals surface area contributed by atoms with Gasteiger partial charge in [0, 0.05) is 16.7 Å². The van der Waals surface area contributed by atoms with E-state index >= 15 is 0 Å². The molecular weight excluding hydrogens is 552 g/mol.